The number of aromatic nitrogens is 1. The Hall–Kier alpha value is -1.76. The van der Waals surface area contributed by atoms with Crippen LogP contribution < -0.4 is 15.2 Å². The van der Waals surface area contributed by atoms with Crippen molar-refractivity contribution < 1.29 is 17.9 Å². The van der Waals surface area contributed by atoms with Gasteiger partial charge in [-0.2, -0.15) is 18.2 Å². The van der Waals surface area contributed by atoms with Crippen LogP contribution in [0.25, 0.3) is 0 Å². The van der Waals surface area contributed by atoms with Crippen LogP contribution in [0.5, 0.6) is 5.88 Å². The Morgan fingerprint density at radius 2 is 2.15 bits per heavy atom. The number of hydrogen-bond acceptors (Lipinski definition) is 4. The van der Waals surface area contributed by atoms with Crippen LogP contribution in [0.15, 0.2) is 30.9 Å². The largest absolute Gasteiger partial charge is 0.468 e. The smallest absolute Gasteiger partial charge is 0.422 e. The van der Waals surface area contributed by atoms with E-state index >= 15 is 0 Å². The van der Waals surface area contributed by atoms with E-state index in [0.29, 0.717) is 12.4 Å². The maximum absolute atomic E-state index is 12.1. The zero-order valence-electron chi connectivity index (χ0n) is 11.4. The molecule has 0 amide bonds. The van der Waals surface area contributed by atoms with Gasteiger partial charge in [0.15, 0.2) is 6.61 Å². The van der Waals surface area contributed by atoms with Crippen molar-refractivity contribution in [1.29, 1.82) is 0 Å². The number of alkyl halides is 3. The molecule has 0 aliphatic heterocycles. The maximum Gasteiger partial charge on any atom is 0.422 e. The van der Waals surface area contributed by atoms with Crippen molar-refractivity contribution in [1.82, 2.24) is 10.4 Å². The van der Waals surface area contributed by atoms with E-state index in [-0.39, 0.29) is 11.9 Å². The normalized spacial score (nSPS) is 11.5. The second-order valence-corrected chi connectivity index (χ2v) is 4.35. The molecule has 0 fully saturated rings. The summed E-state index contributed by atoms with van der Waals surface area (Å²) in [6, 6.07) is 4.75. The molecule has 0 saturated heterocycles. The highest BCUT2D eigenvalue weighted by atomic mass is 19.4. The van der Waals surface area contributed by atoms with Crippen molar-refractivity contribution in [3.8, 4) is 5.88 Å². The van der Waals surface area contributed by atoms with Gasteiger partial charge in [0.05, 0.1) is 0 Å². The predicted molar refractivity (Wildman–Crippen MR) is 71.6 cm³/mol. The number of rotatable bonds is 7. The molecular weight excluding hydrogens is 271 g/mol. The molecule has 4 nitrogen and oxygen atoms in total. The van der Waals surface area contributed by atoms with Crippen LogP contribution in [0.4, 0.5) is 19.0 Å². The average molecular weight is 289 g/mol. The van der Waals surface area contributed by atoms with Gasteiger partial charge < -0.3 is 4.74 Å². The molecule has 1 N–H and O–H groups in total. The number of pyridine rings is 1. The maximum atomic E-state index is 12.1. The zero-order valence-corrected chi connectivity index (χ0v) is 11.4. The second-order valence-electron chi connectivity index (χ2n) is 4.35. The third-order valence-electron chi connectivity index (χ3n) is 2.26. The van der Waals surface area contributed by atoms with Gasteiger partial charge in [-0.05, 0) is 19.9 Å². The van der Waals surface area contributed by atoms with Gasteiger partial charge in [-0.25, -0.2) is 5.43 Å². The van der Waals surface area contributed by atoms with E-state index in [4.69, 9.17) is 0 Å². The molecule has 7 heteroatoms. The topological polar surface area (TPSA) is 37.4 Å². The minimum atomic E-state index is -4.38. The van der Waals surface area contributed by atoms with E-state index < -0.39 is 12.8 Å². The van der Waals surface area contributed by atoms with Gasteiger partial charge in [-0.15, -0.1) is 6.58 Å². The quantitative estimate of drug-likeness (QED) is 0.618. The van der Waals surface area contributed by atoms with Gasteiger partial charge in [0, 0.05) is 18.7 Å². The van der Waals surface area contributed by atoms with Crippen LogP contribution in [-0.4, -0.2) is 30.4 Å². The first-order chi connectivity index (χ1) is 9.33. The molecule has 1 rings (SSSR count). The summed E-state index contributed by atoms with van der Waals surface area (Å²) in [6.45, 7) is 6.63. The molecule has 0 saturated carbocycles. The monoisotopic (exact) mass is 289 g/mol. The molecule has 0 spiro atoms. The lowest BCUT2D eigenvalue weighted by atomic mass is 10.3. The molecular formula is C13H18F3N3O. The van der Waals surface area contributed by atoms with Gasteiger partial charge in [-0.3, -0.25) is 5.01 Å². The van der Waals surface area contributed by atoms with Crippen molar-refractivity contribution in [2.75, 3.05) is 18.2 Å². The molecule has 0 bridgehead atoms. The van der Waals surface area contributed by atoms with E-state index in [2.05, 4.69) is 21.7 Å². The molecule has 0 aliphatic carbocycles. The Balaban J connectivity index is 2.81. The van der Waals surface area contributed by atoms with Crippen LogP contribution in [-0.2, 0) is 0 Å². The molecule has 0 aliphatic rings. The highest BCUT2D eigenvalue weighted by molar-refractivity contribution is 5.40. The third-order valence-corrected chi connectivity index (χ3v) is 2.26. The summed E-state index contributed by atoms with van der Waals surface area (Å²) < 4.78 is 41.0. The SMILES string of the molecule is C=CCNN(c1cccc(OCC(F)(F)F)n1)C(C)C. The van der Waals surface area contributed by atoms with Crippen LogP contribution >= 0.6 is 0 Å². The predicted octanol–water partition coefficient (Wildman–Crippen LogP) is 2.93. The molecule has 0 unspecified atom stereocenters. The summed E-state index contributed by atoms with van der Waals surface area (Å²) in [5, 5.41) is 1.74. The average Bonchev–Trinajstić information content (AvgIpc) is 2.36. The Labute approximate surface area is 116 Å². The number of anilines is 1. The zero-order chi connectivity index (χ0) is 15.2. The Bertz CT molecular complexity index is 435. The molecule has 0 atom stereocenters. The molecule has 0 aromatic carbocycles. The summed E-state index contributed by atoms with van der Waals surface area (Å²) in [7, 11) is 0. The van der Waals surface area contributed by atoms with E-state index in [1.165, 1.54) is 6.07 Å². The fraction of sp³-hybridized carbons (Fsp3) is 0.462. The molecule has 1 aromatic rings. The lowest BCUT2D eigenvalue weighted by Crippen LogP contribution is -2.43. The third kappa shape index (κ3) is 5.48. The van der Waals surface area contributed by atoms with Crippen molar-refractivity contribution in [3.63, 3.8) is 0 Å². The van der Waals surface area contributed by atoms with Crippen molar-refractivity contribution in [2.24, 2.45) is 0 Å². The summed E-state index contributed by atoms with van der Waals surface area (Å²) in [4.78, 5) is 4.06. The first-order valence-corrected chi connectivity index (χ1v) is 6.13. The summed E-state index contributed by atoms with van der Waals surface area (Å²) in [5.74, 6) is 0.424. The summed E-state index contributed by atoms with van der Waals surface area (Å²) >= 11 is 0. The van der Waals surface area contributed by atoms with E-state index in [0.717, 1.165) is 0 Å². The van der Waals surface area contributed by atoms with Gasteiger partial charge in [-0.1, -0.05) is 12.1 Å². The number of hydrazine groups is 1. The highest BCUT2D eigenvalue weighted by Gasteiger charge is 2.28. The van der Waals surface area contributed by atoms with Crippen molar-refractivity contribution >= 4 is 5.82 Å². The molecule has 1 aromatic heterocycles. The number of ether oxygens (including phenoxy) is 1. The second kappa shape index (κ2) is 7.14. The molecule has 20 heavy (non-hydrogen) atoms. The first kappa shape index (κ1) is 16.3. The van der Waals surface area contributed by atoms with Crippen molar-refractivity contribution in [3.05, 3.63) is 30.9 Å². The Kier molecular flexibility index (Phi) is 5.82. The van der Waals surface area contributed by atoms with Crippen LogP contribution in [0.3, 0.4) is 0 Å². The number of hydrogen-bond donors (Lipinski definition) is 1. The summed E-state index contributed by atoms with van der Waals surface area (Å²) in [5.41, 5.74) is 3.06. The van der Waals surface area contributed by atoms with E-state index in [1.54, 1.807) is 23.2 Å². The van der Waals surface area contributed by atoms with Crippen LogP contribution in [0.2, 0.25) is 0 Å². The Morgan fingerprint density at radius 3 is 2.70 bits per heavy atom. The molecule has 112 valence electrons. The minimum absolute atomic E-state index is 0.0640. The standard InChI is InChI=1S/C13H18F3N3O/c1-4-8-17-19(10(2)3)11-6-5-7-12(18-11)20-9-13(14,15)16/h4-7,10,17H,1,8-9H2,2-3H3. The van der Waals surface area contributed by atoms with Gasteiger partial charge in [0.1, 0.15) is 5.82 Å². The number of nitrogens with one attached hydrogen (secondary N) is 1. The minimum Gasteiger partial charge on any atom is -0.468 e. The fourth-order valence-corrected chi connectivity index (χ4v) is 1.47. The van der Waals surface area contributed by atoms with Crippen LogP contribution in [0, 0.1) is 0 Å². The van der Waals surface area contributed by atoms with E-state index in [9.17, 15) is 13.2 Å². The molecule has 0 radical (unpaired) electrons. The first-order valence-electron chi connectivity index (χ1n) is 6.13. The lowest BCUT2D eigenvalue weighted by Gasteiger charge is -2.28. The van der Waals surface area contributed by atoms with Gasteiger partial charge in [0.2, 0.25) is 5.88 Å². The lowest BCUT2D eigenvalue weighted by molar-refractivity contribution is -0.154. The Morgan fingerprint density at radius 1 is 1.45 bits per heavy atom. The number of halogens is 3. The highest BCUT2D eigenvalue weighted by Crippen LogP contribution is 2.20. The van der Waals surface area contributed by atoms with Crippen LogP contribution in [0.1, 0.15) is 13.8 Å². The van der Waals surface area contributed by atoms with Gasteiger partial charge >= 0.3 is 6.18 Å². The number of nitrogens with zero attached hydrogens (tertiary/aromatic N) is 2. The van der Waals surface area contributed by atoms with Crippen molar-refractivity contribution in [2.45, 2.75) is 26.1 Å². The summed E-state index contributed by atoms with van der Waals surface area (Å²) in [6.07, 6.45) is -2.70. The fourth-order valence-electron chi connectivity index (χ4n) is 1.47. The van der Waals surface area contributed by atoms with Gasteiger partial charge in [0.25, 0.3) is 0 Å². The van der Waals surface area contributed by atoms with E-state index in [1.807, 2.05) is 13.8 Å². The molecule has 1 heterocycles.